The van der Waals surface area contributed by atoms with Crippen LogP contribution in [0, 0.1) is 6.92 Å². The fraction of sp³-hybridized carbons (Fsp3) is 0.214. The van der Waals surface area contributed by atoms with Crippen LogP contribution in [0.15, 0.2) is 36.5 Å². The average molecular weight is 244 g/mol. The minimum absolute atomic E-state index is 0.376. The summed E-state index contributed by atoms with van der Waals surface area (Å²) in [5.41, 5.74) is 9.07. The Morgan fingerprint density at radius 2 is 2.00 bits per heavy atom. The number of nitrogen functional groups attached to an aromatic ring is 1. The third-order valence-electron chi connectivity index (χ3n) is 2.79. The van der Waals surface area contributed by atoms with Crippen LogP contribution in [-0.2, 0) is 11.3 Å². The van der Waals surface area contributed by atoms with Crippen LogP contribution in [0.5, 0.6) is 0 Å². The lowest BCUT2D eigenvalue weighted by Gasteiger charge is -2.07. The topological polar surface area (TPSA) is 57.2 Å². The molecule has 2 N–H and O–H groups in total. The summed E-state index contributed by atoms with van der Waals surface area (Å²) in [6, 6.07) is 9.78. The van der Waals surface area contributed by atoms with Crippen LogP contribution in [0.1, 0.15) is 21.6 Å². The van der Waals surface area contributed by atoms with E-state index in [2.05, 4.69) is 0 Å². The molecule has 0 aliphatic heterocycles. The van der Waals surface area contributed by atoms with Crippen LogP contribution < -0.4 is 5.73 Å². The zero-order chi connectivity index (χ0) is 13.1. The van der Waals surface area contributed by atoms with Crippen molar-refractivity contribution in [3.63, 3.8) is 0 Å². The Bertz CT molecular complexity index is 556. The molecule has 0 unspecified atom stereocenters. The molecular formula is C14H16N2O2. The Morgan fingerprint density at radius 1 is 1.33 bits per heavy atom. The van der Waals surface area contributed by atoms with Gasteiger partial charge < -0.3 is 15.0 Å². The maximum Gasteiger partial charge on any atom is 0.354 e. The fourth-order valence-corrected chi connectivity index (χ4v) is 1.83. The molecule has 0 bridgehead atoms. The molecule has 1 heterocycles. The summed E-state index contributed by atoms with van der Waals surface area (Å²) in [4.78, 5) is 11.6. The number of anilines is 1. The van der Waals surface area contributed by atoms with Crippen molar-refractivity contribution in [2.24, 2.45) is 0 Å². The van der Waals surface area contributed by atoms with E-state index >= 15 is 0 Å². The number of hydrogen-bond donors (Lipinski definition) is 1. The van der Waals surface area contributed by atoms with Crippen molar-refractivity contribution in [3.8, 4) is 0 Å². The van der Waals surface area contributed by atoms with E-state index in [1.807, 2.05) is 31.2 Å². The molecule has 2 aromatic rings. The number of nitrogens with zero attached hydrogens (tertiary/aromatic N) is 1. The van der Waals surface area contributed by atoms with Gasteiger partial charge in [-0.15, -0.1) is 0 Å². The monoisotopic (exact) mass is 244 g/mol. The van der Waals surface area contributed by atoms with E-state index < -0.39 is 0 Å². The Labute approximate surface area is 106 Å². The van der Waals surface area contributed by atoms with Crippen molar-refractivity contribution in [2.45, 2.75) is 13.5 Å². The van der Waals surface area contributed by atoms with Crippen LogP contribution >= 0.6 is 0 Å². The molecule has 1 aromatic carbocycles. The largest absolute Gasteiger partial charge is 0.464 e. The van der Waals surface area contributed by atoms with Gasteiger partial charge in [-0.1, -0.05) is 29.8 Å². The van der Waals surface area contributed by atoms with E-state index in [-0.39, 0.29) is 5.97 Å². The first-order chi connectivity index (χ1) is 8.60. The lowest BCUT2D eigenvalue weighted by molar-refractivity contribution is 0.0589. The average Bonchev–Trinajstić information content (AvgIpc) is 2.72. The lowest BCUT2D eigenvalue weighted by atomic mass is 10.1. The van der Waals surface area contributed by atoms with Crippen molar-refractivity contribution in [1.29, 1.82) is 0 Å². The Morgan fingerprint density at radius 3 is 2.61 bits per heavy atom. The molecule has 0 aliphatic carbocycles. The second-order valence-corrected chi connectivity index (χ2v) is 4.26. The Kier molecular flexibility index (Phi) is 3.37. The number of rotatable bonds is 3. The highest BCUT2D eigenvalue weighted by molar-refractivity contribution is 5.89. The second kappa shape index (κ2) is 4.96. The number of benzene rings is 1. The smallest absolute Gasteiger partial charge is 0.354 e. The van der Waals surface area contributed by atoms with E-state index in [1.54, 1.807) is 16.8 Å². The highest BCUT2D eigenvalue weighted by atomic mass is 16.5. The minimum atomic E-state index is -0.376. The van der Waals surface area contributed by atoms with Crippen molar-refractivity contribution in [1.82, 2.24) is 4.57 Å². The van der Waals surface area contributed by atoms with E-state index in [4.69, 9.17) is 10.5 Å². The number of ether oxygens (including phenoxy) is 1. The van der Waals surface area contributed by atoms with Gasteiger partial charge in [-0.3, -0.25) is 0 Å². The molecule has 0 amide bonds. The maximum absolute atomic E-state index is 11.6. The van der Waals surface area contributed by atoms with Crippen molar-refractivity contribution >= 4 is 11.7 Å². The molecule has 0 spiro atoms. The number of hydrogen-bond acceptors (Lipinski definition) is 3. The first-order valence-corrected chi connectivity index (χ1v) is 5.69. The fourth-order valence-electron chi connectivity index (χ4n) is 1.83. The predicted octanol–water partition coefficient (Wildman–Crippen LogP) is 2.21. The van der Waals surface area contributed by atoms with E-state index in [0.29, 0.717) is 17.9 Å². The number of carbonyl (C=O) groups is 1. The van der Waals surface area contributed by atoms with Crippen LogP contribution in [0.4, 0.5) is 5.69 Å². The molecule has 0 fully saturated rings. The van der Waals surface area contributed by atoms with Gasteiger partial charge in [0.2, 0.25) is 0 Å². The first-order valence-electron chi connectivity index (χ1n) is 5.69. The summed E-state index contributed by atoms with van der Waals surface area (Å²) in [5, 5.41) is 0. The van der Waals surface area contributed by atoms with Crippen molar-refractivity contribution in [3.05, 3.63) is 53.3 Å². The molecule has 18 heavy (non-hydrogen) atoms. The van der Waals surface area contributed by atoms with Gasteiger partial charge in [-0.25, -0.2) is 4.79 Å². The minimum Gasteiger partial charge on any atom is -0.464 e. The Balaban J connectivity index is 2.28. The van der Waals surface area contributed by atoms with Crippen LogP contribution in [0.2, 0.25) is 0 Å². The summed E-state index contributed by atoms with van der Waals surface area (Å²) < 4.78 is 6.53. The number of aromatic nitrogens is 1. The summed E-state index contributed by atoms with van der Waals surface area (Å²) in [7, 11) is 1.36. The number of aryl methyl sites for hydroxylation is 1. The summed E-state index contributed by atoms with van der Waals surface area (Å²) >= 11 is 0. The standard InChI is InChI=1S/C14H16N2O2/c1-10-3-5-11(6-4-10)8-16-9-12(15)7-13(16)14(17)18-2/h3-7,9H,8,15H2,1-2H3. The van der Waals surface area contributed by atoms with E-state index in [0.717, 1.165) is 5.56 Å². The second-order valence-electron chi connectivity index (χ2n) is 4.26. The molecule has 4 heteroatoms. The molecule has 0 saturated heterocycles. The van der Waals surface area contributed by atoms with E-state index in [9.17, 15) is 4.79 Å². The zero-order valence-corrected chi connectivity index (χ0v) is 10.5. The summed E-state index contributed by atoms with van der Waals surface area (Å²) in [6.45, 7) is 2.64. The van der Waals surface area contributed by atoms with Gasteiger partial charge in [-0.05, 0) is 18.6 Å². The molecule has 0 aliphatic rings. The molecule has 1 aromatic heterocycles. The quantitative estimate of drug-likeness (QED) is 0.842. The predicted molar refractivity (Wildman–Crippen MR) is 70.5 cm³/mol. The third kappa shape index (κ3) is 2.53. The van der Waals surface area contributed by atoms with E-state index in [1.165, 1.54) is 12.7 Å². The number of nitrogens with two attached hydrogens (primary N) is 1. The molecule has 0 atom stereocenters. The van der Waals surface area contributed by atoms with Crippen LogP contribution in [0.25, 0.3) is 0 Å². The number of carbonyl (C=O) groups excluding carboxylic acids is 1. The summed E-state index contributed by atoms with van der Waals surface area (Å²) in [6.07, 6.45) is 1.74. The van der Waals surface area contributed by atoms with Gasteiger partial charge in [0, 0.05) is 12.7 Å². The molecule has 0 saturated carbocycles. The van der Waals surface area contributed by atoms with Gasteiger partial charge in [0.05, 0.1) is 12.8 Å². The van der Waals surface area contributed by atoms with Gasteiger partial charge in [0.1, 0.15) is 5.69 Å². The third-order valence-corrected chi connectivity index (χ3v) is 2.79. The molecule has 2 rings (SSSR count). The SMILES string of the molecule is COC(=O)c1cc(N)cn1Cc1ccc(C)cc1. The molecular weight excluding hydrogens is 228 g/mol. The van der Waals surface area contributed by atoms with Crippen LogP contribution in [-0.4, -0.2) is 17.6 Å². The van der Waals surface area contributed by atoms with Crippen molar-refractivity contribution in [2.75, 3.05) is 12.8 Å². The summed E-state index contributed by atoms with van der Waals surface area (Å²) in [5.74, 6) is -0.376. The molecule has 94 valence electrons. The van der Waals surface area contributed by atoms with Crippen molar-refractivity contribution < 1.29 is 9.53 Å². The van der Waals surface area contributed by atoms with Gasteiger partial charge in [-0.2, -0.15) is 0 Å². The zero-order valence-electron chi connectivity index (χ0n) is 10.5. The lowest BCUT2D eigenvalue weighted by Crippen LogP contribution is -2.10. The number of methoxy groups -OCH3 is 1. The first kappa shape index (κ1) is 12.2. The van der Waals surface area contributed by atoms with Gasteiger partial charge >= 0.3 is 5.97 Å². The van der Waals surface area contributed by atoms with Gasteiger partial charge in [0.15, 0.2) is 0 Å². The van der Waals surface area contributed by atoms with Crippen LogP contribution in [0.3, 0.4) is 0 Å². The molecule has 0 radical (unpaired) electrons. The van der Waals surface area contributed by atoms with Gasteiger partial charge in [0.25, 0.3) is 0 Å². The molecule has 4 nitrogen and oxygen atoms in total. The normalized spacial score (nSPS) is 10.3. The highest BCUT2D eigenvalue weighted by Gasteiger charge is 2.13. The Hall–Kier alpha value is -2.23. The maximum atomic E-state index is 11.6. The highest BCUT2D eigenvalue weighted by Crippen LogP contribution is 2.14. The number of esters is 1.